The number of hydrogen-bond donors (Lipinski definition) is 0. The van der Waals surface area contributed by atoms with E-state index < -0.39 is 29.0 Å². The summed E-state index contributed by atoms with van der Waals surface area (Å²) in [6.07, 6.45) is -0.510. The number of benzene rings is 1. The van der Waals surface area contributed by atoms with Gasteiger partial charge in [0.05, 0.1) is 30.8 Å². The van der Waals surface area contributed by atoms with Gasteiger partial charge in [-0.1, -0.05) is 17.7 Å². The highest BCUT2D eigenvalue weighted by Gasteiger charge is 2.43. The molecule has 7 nitrogen and oxygen atoms in total. The Morgan fingerprint density at radius 1 is 1.20 bits per heavy atom. The minimum atomic E-state index is -3.86. The van der Waals surface area contributed by atoms with Gasteiger partial charge in [-0.15, -0.1) is 11.8 Å². The van der Waals surface area contributed by atoms with Crippen LogP contribution in [0.5, 0.6) is 0 Å². The van der Waals surface area contributed by atoms with Gasteiger partial charge in [0.2, 0.25) is 5.18 Å². The van der Waals surface area contributed by atoms with Crippen molar-refractivity contribution in [1.29, 1.82) is 0 Å². The van der Waals surface area contributed by atoms with E-state index in [4.69, 9.17) is 18.0 Å². The van der Waals surface area contributed by atoms with Gasteiger partial charge in [-0.25, -0.2) is 0 Å². The molecule has 142 valence electrons. The second kappa shape index (κ2) is 8.99. The van der Waals surface area contributed by atoms with Gasteiger partial charge in [-0.3, -0.25) is 8.75 Å². The molecule has 1 aromatic carbocycles. The van der Waals surface area contributed by atoms with Crippen LogP contribution in [0.3, 0.4) is 0 Å². The molecule has 2 rings (SSSR count). The van der Waals surface area contributed by atoms with Crippen molar-refractivity contribution in [2.45, 2.75) is 36.9 Å². The van der Waals surface area contributed by atoms with Crippen molar-refractivity contribution < 1.29 is 31.0 Å². The van der Waals surface area contributed by atoms with E-state index in [1.807, 2.05) is 6.92 Å². The second-order valence-electron chi connectivity index (χ2n) is 5.33. The SMILES string of the molecule is CCOP(=O)(OCC)[C@H]1O[C@H](COS(=O)(=O)c2ccc(C)cc2)CS1. The molecule has 0 amide bonds. The summed E-state index contributed by atoms with van der Waals surface area (Å²) in [5.74, 6) is 0.443. The Kier molecular flexibility index (Phi) is 7.52. The van der Waals surface area contributed by atoms with Crippen LogP contribution in [0.4, 0.5) is 0 Å². The topological polar surface area (TPSA) is 88.1 Å². The van der Waals surface area contributed by atoms with E-state index in [0.29, 0.717) is 5.75 Å². The maximum absolute atomic E-state index is 12.7. The average molecular weight is 410 g/mol. The fourth-order valence-electron chi connectivity index (χ4n) is 2.14. The third kappa shape index (κ3) is 5.53. The zero-order chi connectivity index (χ0) is 18.5. The summed E-state index contributed by atoms with van der Waals surface area (Å²) >= 11 is 1.28. The van der Waals surface area contributed by atoms with E-state index in [0.717, 1.165) is 5.56 Å². The van der Waals surface area contributed by atoms with Crippen LogP contribution in [0.2, 0.25) is 0 Å². The molecule has 1 fully saturated rings. The Morgan fingerprint density at radius 3 is 2.36 bits per heavy atom. The normalized spacial score (nSPS) is 21.6. The Bertz CT molecular complexity index is 695. The van der Waals surface area contributed by atoms with E-state index in [9.17, 15) is 13.0 Å². The lowest BCUT2D eigenvalue weighted by Gasteiger charge is -2.22. The Balaban J connectivity index is 1.94. The smallest absolute Gasteiger partial charge is 0.348 e. The van der Waals surface area contributed by atoms with Gasteiger partial charge in [0, 0.05) is 5.75 Å². The van der Waals surface area contributed by atoms with Crippen molar-refractivity contribution in [1.82, 2.24) is 0 Å². The van der Waals surface area contributed by atoms with Crippen molar-refractivity contribution in [2.75, 3.05) is 25.6 Å². The summed E-state index contributed by atoms with van der Waals surface area (Å²) in [6.45, 7) is 5.63. The predicted molar refractivity (Wildman–Crippen MR) is 96.3 cm³/mol. The molecule has 1 aliphatic rings. The molecule has 0 unspecified atom stereocenters. The highest BCUT2D eigenvalue weighted by Crippen LogP contribution is 2.59. The zero-order valence-corrected chi connectivity index (χ0v) is 16.9. The lowest BCUT2D eigenvalue weighted by molar-refractivity contribution is 0.0479. The number of thioether (sulfide) groups is 1. The van der Waals surface area contributed by atoms with Crippen molar-refractivity contribution >= 4 is 29.5 Å². The zero-order valence-electron chi connectivity index (χ0n) is 14.4. The standard InChI is InChI=1S/C15H23O7PS2/c1-4-19-23(16,20-5-2)15-22-13(11-24-15)10-21-25(17,18)14-8-6-12(3)7-9-14/h6-9,13,15H,4-5,10-11H2,1-3H3/t13-,15-/m1/s1. The molecule has 0 aromatic heterocycles. The molecule has 0 spiro atoms. The molecule has 1 aromatic rings. The van der Waals surface area contributed by atoms with E-state index >= 15 is 0 Å². The molecule has 25 heavy (non-hydrogen) atoms. The van der Waals surface area contributed by atoms with E-state index in [1.54, 1.807) is 26.0 Å². The second-order valence-corrected chi connectivity index (χ2v) is 10.5. The van der Waals surface area contributed by atoms with E-state index in [2.05, 4.69) is 0 Å². The highest BCUT2D eigenvalue weighted by molar-refractivity contribution is 8.05. The van der Waals surface area contributed by atoms with Gasteiger partial charge >= 0.3 is 7.60 Å². The fourth-order valence-corrected chi connectivity index (χ4v) is 6.58. The van der Waals surface area contributed by atoms with Crippen LogP contribution in [0.25, 0.3) is 0 Å². The maximum Gasteiger partial charge on any atom is 0.369 e. The van der Waals surface area contributed by atoms with Crippen LogP contribution in [0, 0.1) is 6.92 Å². The van der Waals surface area contributed by atoms with Gasteiger partial charge in [0.25, 0.3) is 10.1 Å². The predicted octanol–water partition coefficient (Wildman–Crippen LogP) is 3.38. The molecular weight excluding hydrogens is 387 g/mol. The van der Waals surface area contributed by atoms with Gasteiger partial charge < -0.3 is 13.8 Å². The Morgan fingerprint density at radius 2 is 1.80 bits per heavy atom. The monoisotopic (exact) mass is 410 g/mol. The molecule has 10 heteroatoms. The van der Waals surface area contributed by atoms with Crippen LogP contribution >= 0.6 is 19.4 Å². The molecule has 1 saturated heterocycles. The van der Waals surface area contributed by atoms with Crippen LogP contribution in [0.1, 0.15) is 19.4 Å². The quantitative estimate of drug-likeness (QED) is 0.452. The average Bonchev–Trinajstić information content (AvgIpc) is 3.04. The lowest BCUT2D eigenvalue weighted by atomic mass is 10.2. The first-order valence-corrected chi connectivity index (χ1v) is 12.0. The summed E-state index contributed by atoms with van der Waals surface area (Å²) < 4.78 is 58.3. The third-order valence-electron chi connectivity index (χ3n) is 3.33. The maximum atomic E-state index is 12.7. The molecule has 0 bridgehead atoms. The summed E-state index contributed by atoms with van der Waals surface area (Å²) in [7, 11) is -7.26. The number of aryl methyl sites for hydroxylation is 1. The summed E-state index contributed by atoms with van der Waals surface area (Å²) in [6, 6.07) is 6.40. The lowest BCUT2D eigenvalue weighted by Crippen LogP contribution is -2.22. The number of hydrogen-bond acceptors (Lipinski definition) is 8. The molecule has 1 heterocycles. The molecule has 0 aliphatic carbocycles. The first-order chi connectivity index (χ1) is 11.8. The van der Waals surface area contributed by atoms with Gasteiger partial charge in [-0.2, -0.15) is 8.42 Å². The van der Waals surface area contributed by atoms with Crippen LogP contribution < -0.4 is 0 Å². The van der Waals surface area contributed by atoms with E-state index in [1.165, 1.54) is 23.9 Å². The Labute approximate surface area is 153 Å². The van der Waals surface area contributed by atoms with Crippen molar-refractivity contribution in [3.63, 3.8) is 0 Å². The van der Waals surface area contributed by atoms with Gasteiger partial charge in [0.1, 0.15) is 0 Å². The minimum absolute atomic E-state index is 0.0922. The first-order valence-electron chi connectivity index (χ1n) is 7.92. The van der Waals surface area contributed by atoms with Crippen molar-refractivity contribution in [3.05, 3.63) is 29.8 Å². The third-order valence-corrected chi connectivity index (χ3v) is 8.68. The van der Waals surface area contributed by atoms with E-state index in [-0.39, 0.29) is 24.7 Å². The summed E-state index contributed by atoms with van der Waals surface area (Å²) in [5.41, 5.74) is 0.958. The molecule has 0 N–H and O–H groups in total. The molecule has 0 saturated carbocycles. The molecular formula is C15H23O7PS2. The van der Waals surface area contributed by atoms with Crippen molar-refractivity contribution in [2.24, 2.45) is 0 Å². The number of ether oxygens (including phenoxy) is 1. The van der Waals surface area contributed by atoms with Crippen LogP contribution in [-0.2, 0) is 32.7 Å². The minimum Gasteiger partial charge on any atom is -0.348 e. The molecule has 1 aliphatic heterocycles. The molecule has 0 radical (unpaired) electrons. The first kappa shape index (κ1) is 20.9. The Hall–Kier alpha value is -0.410. The van der Waals surface area contributed by atoms with Gasteiger partial charge in [-0.05, 0) is 32.9 Å². The van der Waals surface area contributed by atoms with Gasteiger partial charge in [0.15, 0.2) is 0 Å². The number of rotatable bonds is 9. The largest absolute Gasteiger partial charge is 0.369 e. The highest BCUT2D eigenvalue weighted by atomic mass is 32.2. The fraction of sp³-hybridized carbons (Fsp3) is 0.600. The van der Waals surface area contributed by atoms with Crippen LogP contribution in [-0.4, -0.2) is 45.3 Å². The van der Waals surface area contributed by atoms with Crippen LogP contribution in [0.15, 0.2) is 29.2 Å². The van der Waals surface area contributed by atoms with Crippen molar-refractivity contribution in [3.8, 4) is 0 Å². The molecule has 2 atom stereocenters. The summed E-state index contributed by atoms with van der Waals surface area (Å²) in [4.78, 5) is 0.0922. The summed E-state index contributed by atoms with van der Waals surface area (Å²) in [5, 5.41) is -0.775.